The van der Waals surface area contributed by atoms with Gasteiger partial charge >= 0.3 is 0 Å². The van der Waals surface area contributed by atoms with Crippen LogP contribution in [0.2, 0.25) is 5.02 Å². The first kappa shape index (κ1) is 24.7. The lowest BCUT2D eigenvalue weighted by atomic mass is 10.1. The zero-order valence-electron chi connectivity index (χ0n) is 19.1. The maximum absolute atomic E-state index is 13.8. The standard InChI is InChI=1S/C27H18ClF2N3O3S/c28-20-7-3-1-5-16(20)13-32-14-17(19-6-2-4-8-23(19)32)11-24-26(35)33(27(36)37-24)15-25(34)31-22-10-9-18(29)12-21(22)30/h1-12,14H,13,15H2,(H,31,34)/b24-11+. The first-order valence-electron chi connectivity index (χ1n) is 11.1. The van der Waals surface area contributed by atoms with Crippen LogP contribution in [0.15, 0.2) is 77.8 Å². The van der Waals surface area contributed by atoms with Gasteiger partial charge in [0.1, 0.15) is 18.2 Å². The molecule has 1 fully saturated rings. The molecule has 4 aromatic rings. The molecule has 5 rings (SSSR count). The van der Waals surface area contributed by atoms with E-state index in [2.05, 4.69) is 5.32 Å². The number of aromatic nitrogens is 1. The van der Waals surface area contributed by atoms with Gasteiger partial charge in [-0.05, 0) is 47.7 Å². The third-order valence-corrected chi connectivity index (χ3v) is 7.06. The lowest BCUT2D eigenvalue weighted by Crippen LogP contribution is -2.36. The molecule has 2 heterocycles. The molecule has 0 atom stereocenters. The molecular formula is C27H18ClF2N3O3S. The minimum atomic E-state index is -0.962. The lowest BCUT2D eigenvalue weighted by Gasteiger charge is -2.12. The van der Waals surface area contributed by atoms with Gasteiger partial charge in [-0.2, -0.15) is 0 Å². The molecule has 3 aromatic carbocycles. The van der Waals surface area contributed by atoms with E-state index in [0.717, 1.165) is 50.8 Å². The topological polar surface area (TPSA) is 71.4 Å². The first-order chi connectivity index (χ1) is 17.8. The molecule has 37 heavy (non-hydrogen) atoms. The summed E-state index contributed by atoms with van der Waals surface area (Å²) >= 11 is 7.06. The molecule has 1 aliphatic rings. The number of amides is 3. The monoisotopic (exact) mass is 537 g/mol. The van der Waals surface area contributed by atoms with Crippen LogP contribution in [0.1, 0.15) is 11.1 Å². The van der Waals surface area contributed by atoms with Gasteiger partial charge in [-0.3, -0.25) is 19.3 Å². The Morgan fingerprint density at radius 3 is 2.57 bits per heavy atom. The summed E-state index contributed by atoms with van der Waals surface area (Å²) in [6, 6.07) is 17.9. The summed E-state index contributed by atoms with van der Waals surface area (Å²) in [5.41, 5.74) is 2.33. The predicted molar refractivity (Wildman–Crippen MR) is 140 cm³/mol. The zero-order chi connectivity index (χ0) is 26.1. The van der Waals surface area contributed by atoms with Crippen molar-refractivity contribution in [2.45, 2.75) is 6.54 Å². The molecule has 186 valence electrons. The van der Waals surface area contributed by atoms with Gasteiger partial charge in [0.15, 0.2) is 0 Å². The van der Waals surface area contributed by atoms with Gasteiger partial charge in [-0.15, -0.1) is 0 Å². The number of imide groups is 1. The second-order valence-electron chi connectivity index (χ2n) is 8.26. The SMILES string of the molecule is O=C(CN1C(=O)S/C(=C/c2cn(Cc3ccccc3Cl)c3ccccc23)C1=O)Nc1ccc(F)cc1F. The summed E-state index contributed by atoms with van der Waals surface area (Å²) in [6.45, 7) is -0.0945. The highest BCUT2D eigenvalue weighted by atomic mass is 35.5. The van der Waals surface area contributed by atoms with Gasteiger partial charge in [0.05, 0.1) is 10.6 Å². The smallest absolute Gasteiger partial charge is 0.294 e. The Morgan fingerprint density at radius 2 is 1.78 bits per heavy atom. The molecule has 0 spiro atoms. The third-order valence-electron chi connectivity index (χ3n) is 5.79. The molecule has 10 heteroatoms. The van der Waals surface area contributed by atoms with E-state index in [4.69, 9.17) is 11.6 Å². The van der Waals surface area contributed by atoms with Crippen molar-refractivity contribution in [1.29, 1.82) is 0 Å². The molecule has 0 bridgehead atoms. The van der Waals surface area contributed by atoms with E-state index in [0.29, 0.717) is 17.6 Å². The number of carbonyl (C=O) groups is 3. The largest absolute Gasteiger partial charge is 0.342 e. The fourth-order valence-corrected chi connectivity index (χ4v) is 5.06. The minimum Gasteiger partial charge on any atom is -0.342 e. The van der Waals surface area contributed by atoms with Crippen LogP contribution in [0, 0.1) is 11.6 Å². The van der Waals surface area contributed by atoms with Gasteiger partial charge in [-0.1, -0.05) is 48.0 Å². The highest BCUT2D eigenvalue weighted by molar-refractivity contribution is 8.18. The average Bonchev–Trinajstić information content (AvgIpc) is 3.34. The molecule has 0 aliphatic carbocycles. The maximum Gasteiger partial charge on any atom is 0.294 e. The number of halogens is 3. The van der Waals surface area contributed by atoms with Crippen LogP contribution in [0.3, 0.4) is 0 Å². The fraction of sp³-hybridized carbons (Fsp3) is 0.0741. The van der Waals surface area contributed by atoms with Crippen molar-refractivity contribution in [2.24, 2.45) is 0 Å². The van der Waals surface area contributed by atoms with Crippen molar-refractivity contribution in [3.05, 3.63) is 106 Å². The Kier molecular flexibility index (Phi) is 6.82. The summed E-state index contributed by atoms with van der Waals surface area (Å²) in [6.07, 6.45) is 3.50. The van der Waals surface area contributed by atoms with Crippen LogP contribution < -0.4 is 5.32 Å². The van der Waals surface area contributed by atoms with E-state index in [1.54, 1.807) is 6.08 Å². The molecule has 1 saturated heterocycles. The second-order valence-corrected chi connectivity index (χ2v) is 9.66. The predicted octanol–water partition coefficient (Wildman–Crippen LogP) is 6.30. The molecule has 6 nitrogen and oxygen atoms in total. The number of benzene rings is 3. The van der Waals surface area contributed by atoms with Gasteiger partial charge in [-0.25, -0.2) is 8.78 Å². The number of rotatable bonds is 6. The van der Waals surface area contributed by atoms with Crippen LogP contribution in [-0.4, -0.2) is 33.1 Å². The fourth-order valence-electron chi connectivity index (χ4n) is 4.03. The van der Waals surface area contributed by atoms with Crippen molar-refractivity contribution >= 4 is 63.1 Å². The number of fused-ring (bicyclic) bond motifs is 1. The number of carbonyl (C=O) groups excluding carboxylic acids is 3. The lowest BCUT2D eigenvalue weighted by molar-refractivity contribution is -0.127. The van der Waals surface area contributed by atoms with Crippen LogP contribution in [0.25, 0.3) is 17.0 Å². The Balaban J connectivity index is 1.38. The van der Waals surface area contributed by atoms with Gasteiger partial charge in [0.2, 0.25) is 5.91 Å². The minimum absolute atomic E-state index is 0.159. The number of anilines is 1. The Morgan fingerprint density at radius 1 is 1.03 bits per heavy atom. The molecular weight excluding hydrogens is 520 g/mol. The molecule has 1 N–H and O–H groups in total. The highest BCUT2D eigenvalue weighted by Crippen LogP contribution is 2.34. The van der Waals surface area contributed by atoms with Gasteiger partial charge < -0.3 is 9.88 Å². The maximum atomic E-state index is 13.8. The Labute approximate surface area is 219 Å². The van der Waals surface area contributed by atoms with Crippen molar-refractivity contribution in [3.8, 4) is 0 Å². The van der Waals surface area contributed by atoms with E-state index >= 15 is 0 Å². The quantitative estimate of drug-likeness (QED) is 0.293. The highest BCUT2D eigenvalue weighted by Gasteiger charge is 2.36. The van der Waals surface area contributed by atoms with Gasteiger partial charge in [0, 0.05) is 40.3 Å². The Hall–Kier alpha value is -3.95. The summed E-state index contributed by atoms with van der Waals surface area (Å²) in [7, 11) is 0. The van der Waals surface area contributed by atoms with E-state index < -0.39 is 35.2 Å². The third kappa shape index (κ3) is 5.14. The van der Waals surface area contributed by atoms with E-state index in [-0.39, 0.29) is 10.6 Å². The van der Waals surface area contributed by atoms with Crippen molar-refractivity contribution in [1.82, 2.24) is 9.47 Å². The molecule has 1 aliphatic heterocycles. The van der Waals surface area contributed by atoms with Crippen LogP contribution in [-0.2, 0) is 16.1 Å². The average molecular weight is 538 g/mol. The normalized spacial score (nSPS) is 14.7. The van der Waals surface area contributed by atoms with Crippen LogP contribution >= 0.6 is 23.4 Å². The molecule has 0 radical (unpaired) electrons. The van der Waals surface area contributed by atoms with Crippen molar-refractivity contribution < 1.29 is 23.2 Å². The number of hydrogen-bond donors (Lipinski definition) is 1. The summed E-state index contributed by atoms with van der Waals surface area (Å²) in [4.78, 5) is 38.8. The Bertz CT molecular complexity index is 1600. The number of para-hydroxylation sites is 1. The number of thioether (sulfide) groups is 1. The molecule has 0 saturated carbocycles. The van der Waals surface area contributed by atoms with Crippen molar-refractivity contribution in [3.63, 3.8) is 0 Å². The molecule has 3 amide bonds. The summed E-state index contributed by atoms with van der Waals surface area (Å²) in [5, 5.41) is 3.16. The summed E-state index contributed by atoms with van der Waals surface area (Å²) in [5.74, 6) is -3.17. The first-order valence-corrected chi connectivity index (χ1v) is 12.3. The van der Waals surface area contributed by atoms with E-state index in [1.807, 2.05) is 59.3 Å². The number of nitrogens with one attached hydrogen (secondary N) is 1. The molecule has 1 aromatic heterocycles. The molecule has 0 unspecified atom stereocenters. The van der Waals surface area contributed by atoms with Crippen molar-refractivity contribution in [2.75, 3.05) is 11.9 Å². The van der Waals surface area contributed by atoms with E-state index in [1.165, 1.54) is 0 Å². The summed E-state index contributed by atoms with van der Waals surface area (Å²) < 4.78 is 29.0. The van der Waals surface area contributed by atoms with Crippen LogP contribution in [0.4, 0.5) is 19.3 Å². The van der Waals surface area contributed by atoms with Crippen LogP contribution in [0.5, 0.6) is 0 Å². The zero-order valence-corrected chi connectivity index (χ0v) is 20.7. The number of hydrogen-bond acceptors (Lipinski definition) is 4. The van der Waals surface area contributed by atoms with E-state index in [9.17, 15) is 23.2 Å². The second kappa shape index (κ2) is 10.2. The van der Waals surface area contributed by atoms with Gasteiger partial charge in [0.25, 0.3) is 11.1 Å². The number of nitrogens with zero attached hydrogens (tertiary/aromatic N) is 2.